The Morgan fingerprint density at radius 1 is 1.29 bits per heavy atom. The molecule has 3 nitrogen and oxygen atoms in total. The fraction of sp³-hybridized carbons (Fsp3) is 0.400. The van der Waals surface area contributed by atoms with Crippen LogP contribution in [0.4, 0.5) is 0 Å². The number of nitrogens with one attached hydrogen (secondary N) is 1. The molecule has 14 heavy (non-hydrogen) atoms. The number of hydrogen-bond acceptors (Lipinski definition) is 4. The van der Waals surface area contributed by atoms with Crippen molar-refractivity contribution in [2.24, 2.45) is 0 Å². The summed E-state index contributed by atoms with van der Waals surface area (Å²) in [7, 11) is 0. The zero-order valence-electron chi connectivity index (χ0n) is 7.66. The van der Waals surface area contributed by atoms with Gasteiger partial charge in [0.15, 0.2) is 11.5 Å². The molecule has 0 aromatic heterocycles. The molecule has 2 aliphatic rings. The first kappa shape index (κ1) is 8.44. The average Bonchev–Trinajstić information content (AvgIpc) is 2.88. The van der Waals surface area contributed by atoms with Gasteiger partial charge in [0.2, 0.25) is 6.79 Å². The van der Waals surface area contributed by atoms with E-state index in [1.54, 1.807) is 0 Å². The van der Waals surface area contributed by atoms with Crippen molar-refractivity contribution in [2.45, 2.75) is 5.37 Å². The van der Waals surface area contributed by atoms with E-state index >= 15 is 0 Å². The Balaban J connectivity index is 1.91. The highest BCUT2D eigenvalue weighted by atomic mass is 32.2. The summed E-state index contributed by atoms with van der Waals surface area (Å²) >= 11 is 1.93. The van der Waals surface area contributed by atoms with Crippen LogP contribution in [0.5, 0.6) is 11.5 Å². The van der Waals surface area contributed by atoms with Crippen LogP contribution in [0.3, 0.4) is 0 Å². The van der Waals surface area contributed by atoms with Crippen LogP contribution in [-0.4, -0.2) is 19.1 Å². The summed E-state index contributed by atoms with van der Waals surface area (Å²) in [5, 5.41) is 3.85. The zero-order valence-corrected chi connectivity index (χ0v) is 8.47. The summed E-state index contributed by atoms with van der Waals surface area (Å²) in [4.78, 5) is 0. The Bertz CT molecular complexity index is 350. The first-order chi connectivity index (χ1) is 6.93. The van der Waals surface area contributed by atoms with Crippen LogP contribution in [0.2, 0.25) is 0 Å². The quantitative estimate of drug-likeness (QED) is 0.763. The second-order valence-electron chi connectivity index (χ2n) is 3.32. The molecule has 1 aromatic rings. The molecule has 0 saturated carbocycles. The first-order valence-corrected chi connectivity index (χ1v) is 5.73. The van der Waals surface area contributed by atoms with E-state index < -0.39 is 0 Å². The van der Waals surface area contributed by atoms with Gasteiger partial charge in [-0.2, -0.15) is 0 Å². The van der Waals surface area contributed by atoms with E-state index in [0.717, 1.165) is 18.0 Å². The second kappa shape index (κ2) is 3.37. The highest BCUT2D eigenvalue weighted by Crippen LogP contribution is 2.37. The van der Waals surface area contributed by atoms with Crippen LogP contribution in [-0.2, 0) is 0 Å². The lowest BCUT2D eigenvalue weighted by Gasteiger charge is -2.09. The van der Waals surface area contributed by atoms with Crippen LogP contribution in [0, 0.1) is 0 Å². The molecule has 2 heterocycles. The molecular weight excluding hydrogens is 198 g/mol. The topological polar surface area (TPSA) is 30.5 Å². The van der Waals surface area contributed by atoms with E-state index in [2.05, 4.69) is 17.4 Å². The van der Waals surface area contributed by atoms with E-state index in [9.17, 15) is 0 Å². The van der Waals surface area contributed by atoms with Crippen LogP contribution in [0.15, 0.2) is 18.2 Å². The highest BCUT2D eigenvalue weighted by molar-refractivity contribution is 7.99. The third-order valence-electron chi connectivity index (χ3n) is 2.42. The fourth-order valence-electron chi connectivity index (χ4n) is 1.72. The van der Waals surface area contributed by atoms with E-state index in [1.165, 1.54) is 11.3 Å². The Morgan fingerprint density at radius 2 is 2.21 bits per heavy atom. The summed E-state index contributed by atoms with van der Waals surface area (Å²) in [5.41, 5.74) is 1.27. The zero-order chi connectivity index (χ0) is 9.38. The number of hydrogen-bond donors (Lipinski definition) is 1. The van der Waals surface area contributed by atoms with Crippen LogP contribution in [0.25, 0.3) is 0 Å². The van der Waals surface area contributed by atoms with Gasteiger partial charge in [-0.25, -0.2) is 0 Å². The fourth-order valence-corrected chi connectivity index (χ4v) is 2.76. The van der Waals surface area contributed by atoms with Gasteiger partial charge in [0.05, 0.1) is 5.37 Å². The molecule has 1 unspecified atom stereocenters. The highest BCUT2D eigenvalue weighted by Gasteiger charge is 2.20. The smallest absolute Gasteiger partial charge is 0.231 e. The maximum absolute atomic E-state index is 5.34. The monoisotopic (exact) mass is 209 g/mol. The summed E-state index contributed by atoms with van der Waals surface area (Å²) in [6.45, 7) is 1.44. The predicted molar refractivity (Wildman–Crippen MR) is 55.8 cm³/mol. The van der Waals surface area contributed by atoms with Gasteiger partial charge < -0.3 is 14.8 Å². The van der Waals surface area contributed by atoms with Crippen LogP contribution < -0.4 is 14.8 Å². The van der Waals surface area contributed by atoms with Gasteiger partial charge in [0, 0.05) is 12.3 Å². The molecule has 1 saturated heterocycles. The summed E-state index contributed by atoms with van der Waals surface area (Å²) in [6.07, 6.45) is 0. The molecule has 3 rings (SSSR count). The SMILES string of the molecule is c1cc2c(cc1C1NCCS1)OCO2. The second-order valence-corrected chi connectivity index (χ2v) is 4.53. The van der Waals surface area contributed by atoms with Crippen LogP contribution >= 0.6 is 11.8 Å². The normalized spacial score (nSPS) is 24.1. The number of benzene rings is 1. The Kier molecular flexibility index (Phi) is 2.03. The van der Waals surface area contributed by atoms with E-state index in [0.29, 0.717) is 12.2 Å². The van der Waals surface area contributed by atoms with Gasteiger partial charge in [-0.1, -0.05) is 6.07 Å². The molecule has 1 fully saturated rings. The number of thioether (sulfide) groups is 1. The molecular formula is C10H11NO2S. The van der Waals surface area contributed by atoms with E-state index in [4.69, 9.17) is 9.47 Å². The summed E-state index contributed by atoms with van der Waals surface area (Å²) in [6, 6.07) is 6.15. The molecule has 4 heteroatoms. The largest absolute Gasteiger partial charge is 0.454 e. The van der Waals surface area contributed by atoms with Crippen molar-refractivity contribution in [1.82, 2.24) is 5.32 Å². The maximum Gasteiger partial charge on any atom is 0.231 e. The number of rotatable bonds is 1. The molecule has 0 spiro atoms. The van der Waals surface area contributed by atoms with Crippen molar-refractivity contribution in [2.75, 3.05) is 19.1 Å². The third-order valence-corrected chi connectivity index (χ3v) is 3.63. The lowest BCUT2D eigenvalue weighted by atomic mass is 10.2. The molecule has 2 aliphatic heterocycles. The Labute approximate surface area is 86.8 Å². The van der Waals surface area contributed by atoms with Gasteiger partial charge in [0.25, 0.3) is 0 Å². The van der Waals surface area contributed by atoms with Crippen molar-refractivity contribution >= 4 is 11.8 Å². The van der Waals surface area contributed by atoms with Gasteiger partial charge in [0.1, 0.15) is 0 Å². The molecule has 0 amide bonds. The summed E-state index contributed by atoms with van der Waals surface area (Å²) < 4.78 is 10.6. The molecule has 74 valence electrons. The van der Waals surface area contributed by atoms with Crippen molar-refractivity contribution in [3.63, 3.8) is 0 Å². The van der Waals surface area contributed by atoms with Crippen LogP contribution in [0.1, 0.15) is 10.9 Å². The van der Waals surface area contributed by atoms with Gasteiger partial charge >= 0.3 is 0 Å². The minimum Gasteiger partial charge on any atom is -0.454 e. The van der Waals surface area contributed by atoms with Crippen molar-refractivity contribution in [1.29, 1.82) is 0 Å². The van der Waals surface area contributed by atoms with Crippen molar-refractivity contribution in [3.8, 4) is 11.5 Å². The summed E-state index contributed by atoms with van der Waals surface area (Å²) in [5.74, 6) is 2.91. The molecule has 0 radical (unpaired) electrons. The average molecular weight is 209 g/mol. The predicted octanol–water partition coefficient (Wildman–Crippen LogP) is 1.75. The first-order valence-electron chi connectivity index (χ1n) is 4.68. The molecule has 1 aromatic carbocycles. The lowest BCUT2D eigenvalue weighted by molar-refractivity contribution is 0.174. The molecule has 0 aliphatic carbocycles. The molecule has 1 N–H and O–H groups in total. The minimum atomic E-state index is 0.351. The van der Waals surface area contributed by atoms with Gasteiger partial charge in [-0.3, -0.25) is 0 Å². The maximum atomic E-state index is 5.34. The molecule has 1 atom stereocenters. The van der Waals surface area contributed by atoms with Crippen molar-refractivity contribution in [3.05, 3.63) is 23.8 Å². The van der Waals surface area contributed by atoms with E-state index in [-0.39, 0.29) is 0 Å². The van der Waals surface area contributed by atoms with E-state index in [1.807, 2.05) is 17.8 Å². The lowest BCUT2D eigenvalue weighted by Crippen LogP contribution is -2.11. The Hall–Kier alpha value is -0.870. The third kappa shape index (κ3) is 1.35. The number of fused-ring (bicyclic) bond motifs is 1. The van der Waals surface area contributed by atoms with Gasteiger partial charge in [-0.05, 0) is 17.7 Å². The number of ether oxygens (including phenoxy) is 2. The standard InChI is InChI=1S/C10H11NO2S/c1-2-8-9(13-6-12-8)5-7(1)10-11-3-4-14-10/h1-2,5,10-11H,3-4,6H2. The Morgan fingerprint density at radius 3 is 3.07 bits per heavy atom. The molecule has 0 bridgehead atoms. The van der Waals surface area contributed by atoms with Gasteiger partial charge in [-0.15, -0.1) is 11.8 Å². The minimum absolute atomic E-state index is 0.351. The van der Waals surface area contributed by atoms with Crippen molar-refractivity contribution < 1.29 is 9.47 Å².